The number of hydrogen-bond donors (Lipinski definition) is 0. The van der Waals surface area contributed by atoms with Gasteiger partial charge >= 0.3 is 0 Å². The van der Waals surface area contributed by atoms with E-state index in [0.717, 1.165) is 19.5 Å². The Labute approximate surface area is 119 Å². The number of hydrogen-bond acceptors (Lipinski definition) is 3. The van der Waals surface area contributed by atoms with Crippen molar-refractivity contribution in [2.75, 3.05) is 19.8 Å². The van der Waals surface area contributed by atoms with Gasteiger partial charge in [-0.2, -0.15) is 0 Å². The van der Waals surface area contributed by atoms with E-state index < -0.39 is 0 Å². The lowest BCUT2D eigenvalue weighted by Crippen LogP contribution is -2.43. The Balaban J connectivity index is 1.50. The van der Waals surface area contributed by atoms with Gasteiger partial charge in [-0.1, -0.05) is 25.0 Å². The van der Waals surface area contributed by atoms with Crippen molar-refractivity contribution < 1.29 is 9.59 Å². The summed E-state index contributed by atoms with van der Waals surface area (Å²) in [5.41, 5.74) is 0. The van der Waals surface area contributed by atoms with Gasteiger partial charge < -0.3 is 0 Å². The summed E-state index contributed by atoms with van der Waals surface area (Å²) in [6.07, 6.45) is 10.3. The van der Waals surface area contributed by atoms with E-state index in [1.165, 1.54) is 25.7 Å². The molecular formula is C16H22N2O2. The largest absolute Gasteiger partial charge is 0.286 e. The van der Waals surface area contributed by atoms with Gasteiger partial charge in [-0.15, -0.1) is 0 Å². The number of carbonyl (C=O) groups excluding carboxylic acids is 2. The number of nitrogens with zero attached hydrogens (tertiary/aromatic N) is 2. The summed E-state index contributed by atoms with van der Waals surface area (Å²) in [5, 5.41) is 0. The van der Waals surface area contributed by atoms with E-state index in [-0.39, 0.29) is 23.7 Å². The quantitative estimate of drug-likeness (QED) is 0.567. The van der Waals surface area contributed by atoms with Crippen molar-refractivity contribution in [3.63, 3.8) is 0 Å². The first-order valence-corrected chi connectivity index (χ1v) is 8.01. The Bertz CT molecular complexity index is 435. The second kappa shape index (κ2) is 4.69. The van der Waals surface area contributed by atoms with Crippen molar-refractivity contribution in [2.24, 2.45) is 23.7 Å². The van der Waals surface area contributed by atoms with E-state index >= 15 is 0 Å². The summed E-state index contributed by atoms with van der Waals surface area (Å²) in [5.74, 6) is 0.780. The van der Waals surface area contributed by atoms with Crippen molar-refractivity contribution in [3.05, 3.63) is 12.2 Å². The summed E-state index contributed by atoms with van der Waals surface area (Å²) in [6.45, 7) is 2.58. The number of likely N-dealkylation sites (tertiary alicyclic amines) is 2. The lowest BCUT2D eigenvalue weighted by Gasteiger charge is -2.26. The van der Waals surface area contributed by atoms with Crippen LogP contribution in [0.3, 0.4) is 0 Å². The molecule has 2 amide bonds. The molecule has 2 aliphatic heterocycles. The van der Waals surface area contributed by atoms with Crippen molar-refractivity contribution in [1.82, 2.24) is 9.80 Å². The molecule has 0 aromatic rings. The Morgan fingerprint density at radius 3 is 2.00 bits per heavy atom. The van der Waals surface area contributed by atoms with Crippen LogP contribution in [0.5, 0.6) is 0 Å². The molecule has 2 bridgehead atoms. The molecule has 2 heterocycles. The maximum atomic E-state index is 12.6. The van der Waals surface area contributed by atoms with E-state index in [1.54, 1.807) is 4.90 Å². The van der Waals surface area contributed by atoms with Crippen LogP contribution in [0.1, 0.15) is 32.1 Å². The van der Waals surface area contributed by atoms with Crippen molar-refractivity contribution >= 4 is 11.8 Å². The average Bonchev–Trinajstić information content (AvgIpc) is 3.04. The van der Waals surface area contributed by atoms with Gasteiger partial charge in [-0.25, -0.2) is 0 Å². The SMILES string of the molecule is O=C1[C@@H]2[C@@H](C(=O)N1CN1CCCCCC1)[C@@H]1C=C[C@@H]2C1. The van der Waals surface area contributed by atoms with Gasteiger partial charge in [-0.3, -0.25) is 19.4 Å². The maximum Gasteiger partial charge on any atom is 0.234 e. The zero-order valence-corrected chi connectivity index (χ0v) is 11.8. The molecule has 0 aromatic heterocycles. The van der Waals surface area contributed by atoms with Crippen LogP contribution in [-0.2, 0) is 9.59 Å². The van der Waals surface area contributed by atoms with E-state index in [1.807, 2.05) is 0 Å². The molecule has 2 aliphatic carbocycles. The fraction of sp³-hybridized carbons (Fsp3) is 0.750. The third-order valence-electron chi connectivity index (χ3n) is 5.60. The number of amides is 2. The lowest BCUT2D eigenvalue weighted by atomic mass is 9.85. The number of carbonyl (C=O) groups is 2. The van der Waals surface area contributed by atoms with Crippen LogP contribution in [0.2, 0.25) is 0 Å². The Kier molecular flexibility index (Phi) is 2.95. The topological polar surface area (TPSA) is 40.6 Å². The summed E-state index contributed by atoms with van der Waals surface area (Å²) in [6, 6.07) is 0. The van der Waals surface area contributed by atoms with Gasteiger partial charge in [0.05, 0.1) is 18.5 Å². The molecule has 4 rings (SSSR count). The molecule has 4 nitrogen and oxygen atoms in total. The minimum atomic E-state index is -0.0375. The normalized spacial score (nSPS) is 40.5. The third kappa shape index (κ3) is 1.77. The fourth-order valence-electron chi connectivity index (χ4n) is 4.58. The number of allylic oxidation sites excluding steroid dienone is 2. The second-order valence-corrected chi connectivity index (χ2v) is 6.78. The van der Waals surface area contributed by atoms with Crippen molar-refractivity contribution in [2.45, 2.75) is 32.1 Å². The van der Waals surface area contributed by atoms with Gasteiger partial charge in [-0.05, 0) is 44.2 Å². The molecule has 4 heteroatoms. The van der Waals surface area contributed by atoms with Crippen LogP contribution in [0.25, 0.3) is 0 Å². The molecule has 20 heavy (non-hydrogen) atoms. The Morgan fingerprint density at radius 2 is 1.45 bits per heavy atom. The van der Waals surface area contributed by atoms with Gasteiger partial charge in [0.15, 0.2) is 0 Å². The summed E-state index contributed by atoms with van der Waals surface area (Å²) in [4.78, 5) is 29.0. The summed E-state index contributed by atoms with van der Waals surface area (Å²) >= 11 is 0. The number of imide groups is 1. The average molecular weight is 274 g/mol. The van der Waals surface area contributed by atoms with Crippen LogP contribution >= 0.6 is 0 Å². The standard InChI is InChI=1S/C16H22N2O2/c19-15-13-11-5-6-12(9-11)14(13)16(20)18(15)10-17-7-3-1-2-4-8-17/h5-6,11-14H,1-4,7-10H2/t11-,12-,13+,14+/m1/s1. The molecule has 108 valence electrons. The predicted octanol–water partition coefficient (Wildman–Crippen LogP) is 1.63. The maximum absolute atomic E-state index is 12.6. The molecule has 0 unspecified atom stereocenters. The highest BCUT2D eigenvalue weighted by molar-refractivity contribution is 6.06. The molecule has 0 radical (unpaired) electrons. The number of fused-ring (bicyclic) bond motifs is 5. The van der Waals surface area contributed by atoms with Crippen LogP contribution in [0, 0.1) is 23.7 Å². The molecular weight excluding hydrogens is 252 g/mol. The third-order valence-corrected chi connectivity index (χ3v) is 5.60. The highest BCUT2D eigenvalue weighted by Gasteiger charge is 2.59. The summed E-state index contributed by atoms with van der Waals surface area (Å²) < 4.78 is 0. The Morgan fingerprint density at radius 1 is 0.900 bits per heavy atom. The van der Waals surface area contributed by atoms with Crippen LogP contribution < -0.4 is 0 Å². The molecule has 4 atom stereocenters. The first kappa shape index (κ1) is 12.6. The van der Waals surface area contributed by atoms with Crippen LogP contribution in [0.4, 0.5) is 0 Å². The summed E-state index contributed by atoms with van der Waals surface area (Å²) in [7, 11) is 0. The first-order chi connectivity index (χ1) is 9.75. The minimum Gasteiger partial charge on any atom is -0.286 e. The van der Waals surface area contributed by atoms with Crippen LogP contribution in [-0.4, -0.2) is 41.4 Å². The highest BCUT2D eigenvalue weighted by Crippen LogP contribution is 2.52. The molecule has 4 aliphatic rings. The molecule has 1 saturated carbocycles. The fourth-order valence-corrected chi connectivity index (χ4v) is 4.58. The molecule has 0 aromatic carbocycles. The second-order valence-electron chi connectivity index (χ2n) is 6.78. The van der Waals surface area contributed by atoms with E-state index in [2.05, 4.69) is 17.1 Å². The molecule has 3 fully saturated rings. The van der Waals surface area contributed by atoms with Gasteiger partial charge in [0.1, 0.15) is 0 Å². The van der Waals surface area contributed by atoms with Gasteiger partial charge in [0.25, 0.3) is 0 Å². The predicted molar refractivity (Wildman–Crippen MR) is 74.5 cm³/mol. The van der Waals surface area contributed by atoms with E-state index in [0.29, 0.717) is 18.5 Å². The Hall–Kier alpha value is -1.16. The smallest absolute Gasteiger partial charge is 0.234 e. The molecule has 0 N–H and O–H groups in total. The zero-order chi connectivity index (χ0) is 13.7. The monoisotopic (exact) mass is 274 g/mol. The number of rotatable bonds is 2. The zero-order valence-electron chi connectivity index (χ0n) is 11.8. The molecule has 2 saturated heterocycles. The van der Waals surface area contributed by atoms with Crippen molar-refractivity contribution in [3.8, 4) is 0 Å². The highest BCUT2D eigenvalue weighted by atomic mass is 16.2. The minimum absolute atomic E-state index is 0.0375. The van der Waals surface area contributed by atoms with E-state index in [9.17, 15) is 9.59 Å². The van der Waals surface area contributed by atoms with Gasteiger partial charge in [0.2, 0.25) is 11.8 Å². The van der Waals surface area contributed by atoms with Crippen molar-refractivity contribution in [1.29, 1.82) is 0 Å². The van der Waals surface area contributed by atoms with Gasteiger partial charge in [0, 0.05) is 0 Å². The van der Waals surface area contributed by atoms with Crippen LogP contribution in [0.15, 0.2) is 12.2 Å². The lowest BCUT2D eigenvalue weighted by molar-refractivity contribution is -0.143. The van der Waals surface area contributed by atoms with E-state index in [4.69, 9.17) is 0 Å². The molecule has 0 spiro atoms. The first-order valence-electron chi connectivity index (χ1n) is 8.01.